The summed E-state index contributed by atoms with van der Waals surface area (Å²) >= 11 is 0. The van der Waals surface area contributed by atoms with Crippen LogP contribution in [-0.4, -0.2) is 37.2 Å². The highest BCUT2D eigenvalue weighted by atomic mass is 16.5. The van der Waals surface area contributed by atoms with Crippen LogP contribution in [-0.2, 0) is 16.0 Å². The minimum Gasteiger partial charge on any atom is -0.378 e. The number of anilines is 2. The monoisotopic (exact) mass is 313 g/mol. The molecule has 0 atom stereocenters. The number of para-hydroxylation sites is 2. The van der Waals surface area contributed by atoms with Gasteiger partial charge in [0.15, 0.2) is 0 Å². The molecular formula is C18H23N3O2. The number of carbonyl (C=O) groups excluding carboxylic acids is 1. The first kappa shape index (κ1) is 15.6. The van der Waals surface area contributed by atoms with Crippen molar-refractivity contribution in [1.82, 2.24) is 4.98 Å². The zero-order chi connectivity index (χ0) is 16.2. The molecule has 1 aliphatic rings. The molecule has 1 aliphatic heterocycles. The highest BCUT2D eigenvalue weighted by Gasteiger charge is 2.16. The third-order valence-corrected chi connectivity index (χ3v) is 4.14. The van der Waals surface area contributed by atoms with E-state index in [1.807, 2.05) is 44.2 Å². The number of amides is 1. The first-order chi connectivity index (χ1) is 11.1. The van der Waals surface area contributed by atoms with Gasteiger partial charge in [0.1, 0.15) is 0 Å². The van der Waals surface area contributed by atoms with Crippen molar-refractivity contribution in [3.05, 3.63) is 47.3 Å². The summed E-state index contributed by atoms with van der Waals surface area (Å²) in [5.74, 6) is 0.00723. The third kappa shape index (κ3) is 3.74. The molecule has 1 amide bonds. The summed E-state index contributed by atoms with van der Waals surface area (Å²) < 4.78 is 5.40. The summed E-state index contributed by atoms with van der Waals surface area (Å²) in [6.07, 6.45) is 0.383. The lowest BCUT2D eigenvalue weighted by molar-refractivity contribution is -0.115. The Balaban J connectivity index is 1.72. The Labute approximate surface area is 136 Å². The van der Waals surface area contributed by atoms with Gasteiger partial charge in [0.25, 0.3) is 0 Å². The molecule has 0 aliphatic carbocycles. The fourth-order valence-electron chi connectivity index (χ4n) is 2.99. The Morgan fingerprint density at radius 3 is 2.70 bits per heavy atom. The second-order valence-electron chi connectivity index (χ2n) is 5.94. The number of nitrogens with one attached hydrogen (secondary N) is 2. The second kappa shape index (κ2) is 6.87. The van der Waals surface area contributed by atoms with Gasteiger partial charge in [0.05, 0.1) is 31.0 Å². The van der Waals surface area contributed by atoms with E-state index in [1.54, 1.807) is 0 Å². The quantitative estimate of drug-likeness (QED) is 0.912. The highest BCUT2D eigenvalue weighted by Crippen LogP contribution is 2.26. The zero-order valence-electron chi connectivity index (χ0n) is 13.7. The Morgan fingerprint density at radius 2 is 2.00 bits per heavy atom. The molecule has 0 radical (unpaired) electrons. The van der Waals surface area contributed by atoms with E-state index in [0.29, 0.717) is 6.42 Å². The number of H-pyrrole nitrogens is 1. The summed E-state index contributed by atoms with van der Waals surface area (Å²) in [5, 5.41) is 3.06. The number of nitrogens with zero attached hydrogens (tertiary/aromatic N) is 1. The number of hydrogen-bond acceptors (Lipinski definition) is 3. The maximum Gasteiger partial charge on any atom is 0.228 e. The van der Waals surface area contributed by atoms with Gasteiger partial charge in [-0.15, -0.1) is 0 Å². The van der Waals surface area contributed by atoms with Crippen LogP contribution in [0.1, 0.15) is 17.0 Å². The largest absolute Gasteiger partial charge is 0.378 e. The third-order valence-electron chi connectivity index (χ3n) is 4.14. The van der Waals surface area contributed by atoms with E-state index >= 15 is 0 Å². The molecule has 5 heteroatoms. The van der Waals surface area contributed by atoms with Crippen LogP contribution in [0.2, 0.25) is 0 Å². The molecule has 23 heavy (non-hydrogen) atoms. The van der Waals surface area contributed by atoms with Gasteiger partial charge in [-0.3, -0.25) is 4.79 Å². The molecule has 1 aromatic heterocycles. The topological polar surface area (TPSA) is 57.4 Å². The van der Waals surface area contributed by atoms with Crippen molar-refractivity contribution in [3.63, 3.8) is 0 Å². The molecule has 3 rings (SSSR count). The standard InChI is InChI=1S/C18H23N3O2/c1-13-11-15(14(2)19-13)12-18(22)20-16-5-3-4-6-17(16)21-7-9-23-10-8-21/h3-6,11,19H,7-10,12H2,1-2H3,(H,20,22). The SMILES string of the molecule is Cc1cc(CC(=O)Nc2ccccc2N2CCOCC2)c(C)[nH]1. The average molecular weight is 313 g/mol. The molecule has 0 saturated carbocycles. The number of ether oxygens (including phenoxy) is 1. The summed E-state index contributed by atoms with van der Waals surface area (Å²) in [6, 6.07) is 9.98. The number of morpholine rings is 1. The predicted molar refractivity (Wildman–Crippen MR) is 92.1 cm³/mol. The van der Waals surface area contributed by atoms with Crippen LogP contribution < -0.4 is 10.2 Å². The summed E-state index contributed by atoms with van der Waals surface area (Å²) in [4.78, 5) is 17.9. The maximum atomic E-state index is 12.4. The van der Waals surface area contributed by atoms with Crippen LogP contribution in [0, 0.1) is 13.8 Å². The fourth-order valence-corrected chi connectivity index (χ4v) is 2.99. The van der Waals surface area contributed by atoms with Crippen molar-refractivity contribution in [2.24, 2.45) is 0 Å². The molecule has 0 unspecified atom stereocenters. The molecule has 1 fully saturated rings. The van der Waals surface area contributed by atoms with E-state index in [0.717, 1.165) is 54.6 Å². The normalized spacial score (nSPS) is 14.8. The van der Waals surface area contributed by atoms with E-state index in [2.05, 4.69) is 15.2 Å². The molecule has 2 heterocycles. The van der Waals surface area contributed by atoms with Gasteiger partial charge >= 0.3 is 0 Å². The van der Waals surface area contributed by atoms with Crippen LogP contribution in [0.5, 0.6) is 0 Å². The fraction of sp³-hybridized carbons (Fsp3) is 0.389. The molecule has 122 valence electrons. The van der Waals surface area contributed by atoms with Crippen molar-refractivity contribution >= 4 is 17.3 Å². The van der Waals surface area contributed by atoms with Gasteiger partial charge < -0.3 is 19.9 Å². The Bertz CT molecular complexity index is 687. The first-order valence-corrected chi connectivity index (χ1v) is 8.00. The molecule has 2 aromatic rings. The molecule has 5 nitrogen and oxygen atoms in total. The van der Waals surface area contributed by atoms with Crippen LogP contribution in [0.25, 0.3) is 0 Å². The Morgan fingerprint density at radius 1 is 1.26 bits per heavy atom. The summed E-state index contributed by atoms with van der Waals surface area (Å²) in [7, 11) is 0. The molecule has 0 bridgehead atoms. The summed E-state index contributed by atoms with van der Waals surface area (Å²) in [5.41, 5.74) is 5.11. The van der Waals surface area contributed by atoms with Crippen molar-refractivity contribution in [2.45, 2.75) is 20.3 Å². The van der Waals surface area contributed by atoms with Gasteiger partial charge in [-0.1, -0.05) is 12.1 Å². The van der Waals surface area contributed by atoms with E-state index < -0.39 is 0 Å². The number of aromatic amines is 1. The number of carbonyl (C=O) groups is 1. The molecule has 2 N–H and O–H groups in total. The molecule has 1 aromatic carbocycles. The summed E-state index contributed by atoms with van der Waals surface area (Å²) in [6.45, 7) is 7.15. The van der Waals surface area contributed by atoms with Crippen molar-refractivity contribution in [3.8, 4) is 0 Å². The van der Waals surface area contributed by atoms with Gasteiger partial charge in [0, 0.05) is 24.5 Å². The smallest absolute Gasteiger partial charge is 0.228 e. The van der Waals surface area contributed by atoms with E-state index in [1.165, 1.54) is 0 Å². The highest BCUT2D eigenvalue weighted by molar-refractivity contribution is 5.95. The van der Waals surface area contributed by atoms with Gasteiger partial charge in [-0.25, -0.2) is 0 Å². The minimum atomic E-state index is 0.00723. The van der Waals surface area contributed by atoms with Gasteiger partial charge in [-0.2, -0.15) is 0 Å². The van der Waals surface area contributed by atoms with Crippen LogP contribution in [0.4, 0.5) is 11.4 Å². The minimum absolute atomic E-state index is 0.00723. The first-order valence-electron chi connectivity index (χ1n) is 8.00. The van der Waals surface area contributed by atoms with Crippen molar-refractivity contribution in [1.29, 1.82) is 0 Å². The number of aromatic nitrogens is 1. The number of hydrogen-bond donors (Lipinski definition) is 2. The van der Waals surface area contributed by atoms with Crippen LogP contribution >= 0.6 is 0 Å². The molecule has 0 spiro atoms. The lowest BCUT2D eigenvalue weighted by Gasteiger charge is -2.30. The number of benzene rings is 1. The lowest BCUT2D eigenvalue weighted by atomic mass is 10.1. The Kier molecular flexibility index (Phi) is 4.67. The predicted octanol–water partition coefficient (Wildman–Crippen LogP) is 2.65. The second-order valence-corrected chi connectivity index (χ2v) is 5.94. The molecular weight excluding hydrogens is 290 g/mol. The average Bonchev–Trinajstić information content (AvgIpc) is 2.86. The van der Waals surface area contributed by atoms with E-state index in [4.69, 9.17) is 4.74 Å². The van der Waals surface area contributed by atoms with E-state index in [9.17, 15) is 4.79 Å². The van der Waals surface area contributed by atoms with Crippen LogP contribution in [0.3, 0.4) is 0 Å². The number of aryl methyl sites for hydroxylation is 2. The lowest BCUT2D eigenvalue weighted by Crippen LogP contribution is -2.36. The Hall–Kier alpha value is -2.27. The van der Waals surface area contributed by atoms with Crippen LogP contribution in [0.15, 0.2) is 30.3 Å². The van der Waals surface area contributed by atoms with Gasteiger partial charge in [-0.05, 0) is 37.6 Å². The van der Waals surface area contributed by atoms with E-state index in [-0.39, 0.29) is 5.91 Å². The van der Waals surface area contributed by atoms with Gasteiger partial charge in [0.2, 0.25) is 5.91 Å². The number of rotatable bonds is 4. The zero-order valence-corrected chi connectivity index (χ0v) is 13.7. The van der Waals surface area contributed by atoms with Crippen molar-refractivity contribution in [2.75, 3.05) is 36.5 Å². The molecule has 1 saturated heterocycles. The maximum absolute atomic E-state index is 12.4. The van der Waals surface area contributed by atoms with Crippen molar-refractivity contribution < 1.29 is 9.53 Å².